The summed E-state index contributed by atoms with van der Waals surface area (Å²) in [5, 5.41) is 26.5. The third-order valence-electron chi connectivity index (χ3n) is 5.10. The molecule has 0 aromatic carbocycles. The molecule has 2 N–H and O–H groups in total. The van der Waals surface area contributed by atoms with E-state index in [0.717, 1.165) is 19.4 Å². The van der Waals surface area contributed by atoms with E-state index in [2.05, 4.69) is 27.7 Å². The molecular formula is C17H28N6O. The summed E-state index contributed by atoms with van der Waals surface area (Å²) < 4.78 is 3.84. The van der Waals surface area contributed by atoms with Crippen molar-refractivity contribution in [1.82, 2.24) is 30.1 Å². The summed E-state index contributed by atoms with van der Waals surface area (Å²) in [6, 6.07) is 0.633. The van der Waals surface area contributed by atoms with Crippen LogP contribution in [0.3, 0.4) is 0 Å². The fourth-order valence-electron chi connectivity index (χ4n) is 3.34. The SMILES string of the molecule is Cc1c(CN[C@H]2CCCC[C@H]2n2cc(C(C)(C)O)nn2)cnn1C. The molecule has 0 unspecified atom stereocenters. The third kappa shape index (κ3) is 3.52. The molecule has 1 aliphatic rings. The lowest BCUT2D eigenvalue weighted by Gasteiger charge is -2.32. The van der Waals surface area contributed by atoms with Crippen molar-refractivity contribution < 1.29 is 5.11 Å². The van der Waals surface area contributed by atoms with E-state index >= 15 is 0 Å². The Hall–Kier alpha value is -1.73. The molecule has 1 saturated carbocycles. The number of nitrogens with zero attached hydrogens (tertiary/aromatic N) is 5. The average Bonchev–Trinajstić information content (AvgIpc) is 3.15. The minimum Gasteiger partial charge on any atom is -0.384 e. The van der Waals surface area contributed by atoms with Crippen molar-refractivity contribution >= 4 is 0 Å². The summed E-state index contributed by atoms with van der Waals surface area (Å²) in [5.74, 6) is 0. The van der Waals surface area contributed by atoms with E-state index in [0.29, 0.717) is 11.7 Å². The van der Waals surface area contributed by atoms with E-state index in [9.17, 15) is 5.11 Å². The van der Waals surface area contributed by atoms with Gasteiger partial charge in [-0.2, -0.15) is 5.10 Å². The first-order valence-corrected chi connectivity index (χ1v) is 8.72. The quantitative estimate of drug-likeness (QED) is 0.873. The van der Waals surface area contributed by atoms with E-state index < -0.39 is 5.60 Å². The monoisotopic (exact) mass is 332 g/mol. The van der Waals surface area contributed by atoms with Crippen LogP contribution in [0.2, 0.25) is 0 Å². The highest BCUT2D eigenvalue weighted by atomic mass is 16.3. The van der Waals surface area contributed by atoms with Gasteiger partial charge < -0.3 is 10.4 Å². The molecule has 0 spiro atoms. The van der Waals surface area contributed by atoms with Gasteiger partial charge in [-0.1, -0.05) is 18.1 Å². The molecule has 0 radical (unpaired) electrons. The fraction of sp³-hybridized carbons (Fsp3) is 0.706. The van der Waals surface area contributed by atoms with Gasteiger partial charge >= 0.3 is 0 Å². The van der Waals surface area contributed by atoms with Crippen molar-refractivity contribution in [3.8, 4) is 0 Å². The zero-order valence-corrected chi connectivity index (χ0v) is 15.0. The van der Waals surface area contributed by atoms with Crippen molar-refractivity contribution in [2.45, 2.75) is 70.7 Å². The molecule has 0 saturated heterocycles. The summed E-state index contributed by atoms with van der Waals surface area (Å²) in [6.07, 6.45) is 8.46. The minimum absolute atomic E-state index is 0.277. The Morgan fingerprint density at radius 2 is 2.08 bits per heavy atom. The van der Waals surface area contributed by atoms with Crippen molar-refractivity contribution in [3.63, 3.8) is 0 Å². The van der Waals surface area contributed by atoms with Gasteiger partial charge in [0.2, 0.25) is 0 Å². The average molecular weight is 332 g/mol. The summed E-state index contributed by atoms with van der Waals surface area (Å²) >= 11 is 0. The van der Waals surface area contributed by atoms with Crippen LogP contribution in [0.5, 0.6) is 0 Å². The maximum atomic E-state index is 10.1. The number of aryl methyl sites for hydroxylation is 1. The molecule has 132 valence electrons. The third-order valence-corrected chi connectivity index (χ3v) is 5.10. The summed E-state index contributed by atoms with van der Waals surface area (Å²) in [5.41, 5.74) is 2.09. The van der Waals surface area contributed by atoms with E-state index in [4.69, 9.17) is 0 Å². The van der Waals surface area contributed by atoms with Gasteiger partial charge in [0.25, 0.3) is 0 Å². The van der Waals surface area contributed by atoms with Crippen LogP contribution in [0.1, 0.15) is 62.5 Å². The van der Waals surface area contributed by atoms with Gasteiger partial charge in [0, 0.05) is 30.9 Å². The number of aromatic nitrogens is 5. The van der Waals surface area contributed by atoms with Crippen molar-refractivity contribution in [2.75, 3.05) is 0 Å². The molecule has 2 aromatic rings. The first-order valence-electron chi connectivity index (χ1n) is 8.72. The Balaban J connectivity index is 1.71. The Bertz CT molecular complexity index is 684. The Morgan fingerprint density at radius 3 is 2.71 bits per heavy atom. The molecule has 1 aliphatic carbocycles. The summed E-state index contributed by atoms with van der Waals surface area (Å²) in [6.45, 7) is 6.38. The van der Waals surface area contributed by atoms with Gasteiger partial charge in [0.1, 0.15) is 11.3 Å². The predicted molar refractivity (Wildman–Crippen MR) is 91.3 cm³/mol. The maximum absolute atomic E-state index is 10.1. The zero-order valence-electron chi connectivity index (χ0n) is 15.0. The second-order valence-corrected chi connectivity index (χ2v) is 7.36. The lowest BCUT2D eigenvalue weighted by Crippen LogP contribution is -2.39. The van der Waals surface area contributed by atoms with E-state index in [1.165, 1.54) is 24.1 Å². The molecule has 2 atom stereocenters. The Labute approximate surface area is 143 Å². The number of aliphatic hydroxyl groups is 1. The number of hydrogen-bond donors (Lipinski definition) is 2. The van der Waals surface area contributed by atoms with Crippen molar-refractivity contribution in [1.29, 1.82) is 0 Å². The van der Waals surface area contributed by atoms with Gasteiger partial charge in [-0.15, -0.1) is 5.10 Å². The van der Waals surface area contributed by atoms with Crippen molar-refractivity contribution in [2.24, 2.45) is 7.05 Å². The molecule has 7 nitrogen and oxygen atoms in total. The smallest absolute Gasteiger partial charge is 0.114 e. The van der Waals surface area contributed by atoms with Crippen LogP contribution >= 0.6 is 0 Å². The van der Waals surface area contributed by atoms with Crippen LogP contribution in [0.25, 0.3) is 0 Å². The minimum atomic E-state index is -0.956. The van der Waals surface area contributed by atoms with Crippen LogP contribution in [-0.4, -0.2) is 35.9 Å². The van der Waals surface area contributed by atoms with Crippen LogP contribution in [0.4, 0.5) is 0 Å². The molecule has 24 heavy (non-hydrogen) atoms. The number of hydrogen-bond acceptors (Lipinski definition) is 5. The largest absolute Gasteiger partial charge is 0.384 e. The fourth-order valence-corrected chi connectivity index (χ4v) is 3.34. The molecular weight excluding hydrogens is 304 g/mol. The van der Waals surface area contributed by atoms with Crippen LogP contribution in [0.15, 0.2) is 12.4 Å². The molecule has 3 rings (SSSR count). The molecule has 0 bridgehead atoms. The highest BCUT2D eigenvalue weighted by molar-refractivity contribution is 5.15. The molecule has 0 amide bonds. The van der Waals surface area contributed by atoms with E-state index in [1.54, 1.807) is 13.8 Å². The van der Waals surface area contributed by atoms with Gasteiger partial charge in [0.05, 0.1) is 18.4 Å². The normalized spacial score (nSPS) is 22.0. The molecule has 2 aromatic heterocycles. The van der Waals surface area contributed by atoms with Gasteiger partial charge in [0.15, 0.2) is 0 Å². The number of nitrogens with one attached hydrogen (secondary N) is 1. The Morgan fingerprint density at radius 1 is 1.33 bits per heavy atom. The molecule has 2 heterocycles. The standard InChI is InChI=1S/C17H28N6O/c1-12-13(10-19-22(12)4)9-18-14-7-5-6-8-15(14)23-11-16(20-21-23)17(2,3)24/h10-11,14-15,18,24H,5-9H2,1-4H3/t14-,15+/m0/s1. The molecule has 0 aliphatic heterocycles. The first kappa shape index (κ1) is 17.1. The van der Waals surface area contributed by atoms with Gasteiger partial charge in [-0.25, -0.2) is 4.68 Å². The van der Waals surface area contributed by atoms with E-state index in [-0.39, 0.29) is 6.04 Å². The predicted octanol–water partition coefficient (Wildman–Crippen LogP) is 1.82. The summed E-state index contributed by atoms with van der Waals surface area (Å²) in [4.78, 5) is 0. The second-order valence-electron chi connectivity index (χ2n) is 7.36. The van der Waals surface area contributed by atoms with Crippen LogP contribution in [0, 0.1) is 6.92 Å². The lowest BCUT2D eigenvalue weighted by atomic mass is 9.90. The Kier molecular flexibility index (Phi) is 4.73. The van der Waals surface area contributed by atoms with Crippen LogP contribution < -0.4 is 5.32 Å². The van der Waals surface area contributed by atoms with Gasteiger partial charge in [-0.3, -0.25) is 4.68 Å². The second kappa shape index (κ2) is 6.64. The highest BCUT2D eigenvalue weighted by Gasteiger charge is 2.29. The topological polar surface area (TPSA) is 80.8 Å². The molecule has 7 heteroatoms. The summed E-state index contributed by atoms with van der Waals surface area (Å²) in [7, 11) is 1.97. The highest BCUT2D eigenvalue weighted by Crippen LogP contribution is 2.29. The zero-order chi connectivity index (χ0) is 17.3. The number of rotatable bonds is 5. The van der Waals surface area contributed by atoms with E-state index in [1.807, 2.05) is 28.8 Å². The van der Waals surface area contributed by atoms with Gasteiger partial charge in [-0.05, 0) is 33.6 Å². The maximum Gasteiger partial charge on any atom is 0.114 e. The van der Waals surface area contributed by atoms with Crippen molar-refractivity contribution in [3.05, 3.63) is 29.3 Å². The molecule has 1 fully saturated rings. The first-order chi connectivity index (χ1) is 11.4. The van der Waals surface area contributed by atoms with Crippen LogP contribution in [-0.2, 0) is 19.2 Å². The lowest BCUT2D eigenvalue weighted by molar-refractivity contribution is 0.0736.